The van der Waals surface area contributed by atoms with E-state index in [1.807, 2.05) is 0 Å². The number of hydrogen-bond acceptors (Lipinski definition) is 3. The van der Waals surface area contributed by atoms with E-state index in [9.17, 15) is 0 Å². The van der Waals surface area contributed by atoms with Gasteiger partial charge in [0.1, 0.15) is 0 Å². The number of hydrogen-bond donors (Lipinski definition) is 1. The van der Waals surface area contributed by atoms with E-state index in [4.69, 9.17) is 10.3 Å². The van der Waals surface area contributed by atoms with Crippen LogP contribution in [0.5, 0.6) is 0 Å². The van der Waals surface area contributed by atoms with Gasteiger partial charge in [0.25, 0.3) is 0 Å². The second-order valence-corrected chi connectivity index (χ2v) is 2.67. The summed E-state index contributed by atoms with van der Waals surface area (Å²) in [4.78, 5) is 0. The zero-order valence-corrected chi connectivity index (χ0v) is 6.49. The maximum atomic E-state index is 6.47. The average molecular weight is 155 g/mol. The number of nitrogens with one attached hydrogen (secondary N) is 1. The molecule has 0 amide bonds. The Hall–Kier alpha value is -0.770. The van der Waals surface area contributed by atoms with Gasteiger partial charge in [-0.15, -0.1) is 5.10 Å². The minimum Gasteiger partial charge on any atom is -0.381 e. The lowest BCUT2D eigenvalue weighted by Crippen LogP contribution is -2.01. The molecule has 0 aromatic heterocycles. The average Bonchev–Trinajstić information content (AvgIpc) is 2.28. The maximum Gasteiger partial charge on any atom is 0.0472 e. The Morgan fingerprint density at radius 1 is 1.36 bits per heavy atom. The van der Waals surface area contributed by atoms with Crippen molar-refractivity contribution in [3.05, 3.63) is 0 Å². The van der Waals surface area contributed by atoms with Crippen molar-refractivity contribution in [2.24, 2.45) is 16.2 Å². The van der Waals surface area contributed by atoms with E-state index < -0.39 is 0 Å². The first-order chi connectivity index (χ1) is 5.43. The summed E-state index contributed by atoms with van der Waals surface area (Å²) in [7, 11) is 0. The highest BCUT2D eigenvalue weighted by Gasteiger charge is 2.09. The predicted molar refractivity (Wildman–Crippen MR) is 41.8 cm³/mol. The summed E-state index contributed by atoms with van der Waals surface area (Å²) in [5.41, 5.74) is 6.47. The first kappa shape index (κ1) is 8.33. The first-order valence-corrected chi connectivity index (χ1v) is 3.91. The van der Waals surface area contributed by atoms with Crippen molar-refractivity contribution >= 4 is 6.21 Å². The van der Waals surface area contributed by atoms with Gasteiger partial charge in [-0.3, -0.25) is 0 Å². The molecule has 1 fully saturated rings. The molecule has 1 N–H and O–H groups in total. The lowest BCUT2D eigenvalue weighted by molar-refractivity contribution is 0.143. The second kappa shape index (κ2) is 4.96. The molecule has 0 aromatic carbocycles. The van der Waals surface area contributed by atoms with Crippen molar-refractivity contribution in [1.82, 2.24) is 0 Å². The molecule has 1 unspecified atom stereocenters. The molecule has 1 heterocycles. The van der Waals surface area contributed by atoms with Gasteiger partial charge < -0.3 is 4.74 Å². The predicted octanol–water partition coefficient (Wildman–Crippen LogP) is 1.82. The highest BCUT2D eigenvalue weighted by atomic mass is 16.5. The van der Waals surface area contributed by atoms with Crippen LogP contribution in [0.1, 0.15) is 19.3 Å². The fourth-order valence-electron chi connectivity index (χ4n) is 1.21. The summed E-state index contributed by atoms with van der Waals surface area (Å²) in [6.07, 6.45) is 4.97. The molecular weight excluding hydrogens is 142 g/mol. The van der Waals surface area contributed by atoms with E-state index in [0.29, 0.717) is 5.92 Å². The molecule has 0 bridgehead atoms. The fraction of sp³-hybridized carbons (Fsp3) is 0.857. The summed E-state index contributed by atoms with van der Waals surface area (Å²) >= 11 is 0. The van der Waals surface area contributed by atoms with Gasteiger partial charge in [0.05, 0.1) is 0 Å². The SMILES string of the molecule is N=N/N=C/C1CCCOCC1. The molecule has 1 aliphatic rings. The Kier molecular flexibility index (Phi) is 3.75. The molecule has 1 atom stereocenters. The molecule has 62 valence electrons. The third-order valence-electron chi connectivity index (χ3n) is 1.83. The molecule has 1 aliphatic heterocycles. The Balaban J connectivity index is 2.30. The zero-order chi connectivity index (χ0) is 7.94. The van der Waals surface area contributed by atoms with Gasteiger partial charge in [0.2, 0.25) is 0 Å². The molecule has 1 rings (SSSR count). The van der Waals surface area contributed by atoms with Gasteiger partial charge in [-0.05, 0) is 25.2 Å². The van der Waals surface area contributed by atoms with Crippen LogP contribution >= 0.6 is 0 Å². The van der Waals surface area contributed by atoms with Crippen LogP contribution in [0.25, 0.3) is 0 Å². The van der Waals surface area contributed by atoms with Crippen molar-refractivity contribution < 1.29 is 4.74 Å². The largest absolute Gasteiger partial charge is 0.381 e. The summed E-state index contributed by atoms with van der Waals surface area (Å²) in [5.74, 6) is 0.464. The third kappa shape index (κ3) is 3.23. The molecule has 4 nitrogen and oxygen atoms in total. The molecule has 0 spiro atoms. The van der Waals surface area contributed by atoms with Crippen LogP contribution in [-0.4, -0.2) is 19.4 Å². The Labute approximate surface area is 66.1 Å². The van der Waals surface area contributed by atoms with E-state index in [-0.39, 0.29) is 0 Å². The van der Waals surface area contributed by atoms with Gasteiger partial charge in [-0.25, -0.2) is 0 Å². The van der Waals surface area contributed by atoms with Gasteiger partial charge in [-0.2, -0.15) is 5.53 Å². The minimum atomic E-state index is 0.464. The van der Waals surface area contributed by atoms with E-state index in [2.05, 4.69) is 10.3 Å². The topological polar surface area (TPSA) is 57.8 Å². The summed E-state index contributed by atoms with van der Waals surface area (Å²) in [6, 6.07) is 0. The van der Waals surface area contributed by atoms with Gasteiger partial charge in [-0.1, -0.05) is 5.22 Å². The summed E-state index contributed by atoms with van der Waals surface area (Å²) in [6.45, 7) is 1.68. The zero-order valence-electron chi connectivity index (χ0n) is 6.49. The summed E-state index contributed by atoms with van der Waals surface area (Å²) in [5, 5.41) is 6.49. The van der Waals surface area contributed by atoms with E-state index in [0.717, 1.165) is 32.5 Å². The second-order valence-electron chi connectivity index (χ2n) is 2.67. The number of rotatable bonds is 2. The smallest absolute Gasteiger partial charge is 0.0472 e. The van der Waals surface area contributed by atoms with Crippen molar-refractivity contribution in [2.45, 2.75) is 19.3 Å². The Morgan fingerprint density at radius 2 is 2.27 bits per heavy atom. The van der Waals surface area contributed by atoms with Crippen LogP contribution < -0.4 is 0 Å². The van der Waals surface area contributed by atoms with Gasteiger partial charge in [0, 0.05) is 19.4 Å². The van der Waals surface area contributed by atoms with Crippen LogP contribution in [-0.2, 0) is 4.74 Å². The normalized spacial score (nSPS) is 26.7. The van der Waals surface area contributed by atoms with Crippen LogP contribution in [0, 0.1) is 11.4 Å². The molecular formula is C7H13N3O. The number of nitrogens with zero attached hydrogens (tertiary/aromatic N) is 2. The third-order valence-corrected chi connectivity index (χ3v) is 1.83. The van der Waals surface area contributed by atoms with Gasteiger partial charge >= 0.3 is 0 Å². The molecule has 0 aromatic rings. The monoisotopic (exact) mass is 155 g/mol. The van der Waals surface area contributed by atoms with Crippen molar-refractivity contribution in [2.75, 3.05) is 13.2 Å². The van der Waals surface area contributed by atoms with E-state index in [1.54, 1.807) is 6.21 Å². The van der Waals surface area contributed by atoms with Crippen LogP contribution in [0.3, 0.4) is 0 Å². The van der Waals surface area contributed by atoms with E-state index >= 15 is 0 Å². The molecule has 0 saturated carbocycles. The summed E-state index contributed by atoms with van der Waals surface area (Å²) < 4.78 is 5.27. The van der Waals surface area contributed by atoms with Crippen molar-refractivity contribution in [1.29, 1.82) is 5.53 Å². The Morgan fingerprint density at radius 3 is 3.09 bits per heavy atom. The van der Waals surface area contributed by atoms with E-state index in [1.165, 1.54) is 0 Å². The fourth-order valence-corrected chi connectivity index (χ4v) is 1.21. The van der Waals surface area contributed by atoms with Crippen LogP contribution in [0.15, 0.2) is 10.3 Å². The Bertz CT molecular complexity index is 139. The molecule has 11 heavy (non-hydrogen) atoms. The van der Waals surface area contributed by atoms with Gasteiger partial charge in [0.15, 0.2) is 0 Å². The maximum absolute atomic E-state index is 6.47. The van der Waals surface area contributed by atoms with Crippen LogP contribution in [0.4, 0.5) is 0 Å². The molecule has 0 radical (unpaired) electrons. The minimum absolute atomic E-state index is 0.464. The van der Waals surface area contributed by atoms with Crippen molar-refractivity contribution in [3.8, 4) is 0 Å². The molecule has 1 saturated heterocycles. The highest BCUT2D eigenvalue weighted by Crippen LogP contribution is 2.13. The standard InChI is InChI=1S/C7H13N3O/c8-10-9-6-7-2-1-4-11-5-3-7/h6-8H,1-5H2/b9-6+,10-8?. The van der Waals surface area contributed by atoms with Crippen molar-refractivity contribution in [3.63, 3.8) is 0 Å². The number of ether oxygens (including phenoxy) is 1. The molecule has 4 heteroatoms. The lowest BCUT2D eigenvalue weighted by Gasteiger charge is -2.03. The highest BCUT2D eigenvalue weighted by molar-refractivity contribution is 5.60. The quantitative estimate of drug-likeness (QED) is 0.369. The first-order valence-electron chi connectivity index (χ1n) is 3.91. The molecule has 0 aliphatic carbocycles. The lowest BCUT2D eigenvalue weighted by atomic mass is 10.0. The van der Waals surface area contributed by atoms with Crippen LogP contribution in [0.2, 0.25) is 0 Å².